The van der Waals surface area contributed by atoms with Gasteiger partial charge in [0.05, 0.1) is 22.2 Å². The fraction of sp³-hybridized carbons (Fsp3) is 0. The molecule has 258 valence electrons. The van der Waals surface area contributed by atoms with E-state index in [4.69, 9.17) is 9.97 Å². The van der Waals surface area contributed by atoms with Gasteiger partial charge in [-0.1, -0.05) is 146 Å². The predicted molar refractivity (Wildman–Crippen MR) is 240 cm³/mol. The van der Waals surface area contributed by atoms with E-state index >= 15 is 0 Å². The van der Waals surface area contributed by atoms with Gasteiger partial charge < -0.3 is 0 Å². The lowest BCUT2D eigenvalue weighted by atomic mass is 9.91. The number of hydrogen-bond donors (Lipinski definition) is 0. The van der Waals surface area contributed by atoms with Gasteiger partial charge in [0.15, 0.2) is 0 Å². The molecule has 3 heterocycles. The molecule has 0 atom stereocenters. The largest absolute Gasteiger partial charge is 0.278 e. The van der Waals surface area contributed by atoms with Gasteiger partial charge in [-0.25, -0.2) is 9.97 Å². The van der Waals surface area contributed by atoms with Crippen molar-refractivity contribution in [2.45, 2.75) is 0 Å². The van der Waals surface area contributed by atoms with Gasteiger partial charge in [0.1, 0.15) is 0 Å². The van der Waals surface area contributed by atoms with E-state index in [1.165, 1.54) is 79.4 Å². The van der Waals surface area contributed by atoms with Crippen molar-refractivity contribution in [1.29, 1.82) is 0 Å². The van der Waals surface area contributed by atoms with Gasteiger partial charge in [-0.2, -0.15) is 0 Å². The molecule has 0 spiro atoms. The molecule has 13 aromatic rings. The van der Waals surface area contributed by atoms with Crippen LogP contribution in [-0.4, -0.2) is 14.5 Å². The zero-order valence-corrected chi connectivity index (χ0v) is 30.8. The summed E-state index contributed by atoms with van der Waals surface area (Å²) in [6.45, 7) is 0. The highest BCUT2D eigenvalue weighted by molar-refractivity contribution is 7.26. The zero-order chi connectivity index (χ0) is 36.5. The lowest BCUT2D eigenvalue weighted by molar-refractivity contribution is 1.02. The van der Waals surface area contributed by atoms with Crippen molar-refractivity contribution in [2.75, 3.05) is 0 Å². The molecule has 0 aliphatic carbocycles. The third-order valence-electron chi connectivity index (χ3n) is 11.9. The standard InChI is InChI=1S/C52H29N3S/c1-2-14-32-29-45-42(28-31(32)13-1)49-44(27-25-39-36-18-6-5-16-34(36)35-17-7-8-20-38(35)47(39)49)55(45)52-53-43-26-24-30-12-3-4-15-33(30)48(43)50(54-52)41-22-11-21-40-37-19-9-10-23-46(37)56-51(40)41/h1-29H. The Morgan fingerprint density at radius 2 is 1.00 bits per heavy atom. The summed E-state index contributed by atoms with van der Waals surface area (Å²) in [5, 5.41) is 18.3. The number of benzene rings is 10. The summed E-state index contributed by atoms with van der Waals surface area (Å²) in [6.07, 6.45) is 0. The van der Waals surface area contributed by atoms with E-state index in [1.807, 2.05) is 11.3 Å². The summed E-state index contributed by atoms with van der Waals surface area (Å²) in [5.74, 6) is 0.667. The molecule has 0 aliphatic heterocycles. The first kappa shape index (κ1) is 30.2. The summed E-state index contributed by atoms with van der Waals surface area (Å²) < 4.78 is 4.84. The average molecular weight is 728 g/mol. The molecule has 0 saturated carbocycles. The van der Waals surface area contributed by atoms with E-state index in [2.05, 4.69) is 180 Å². The third-order valence-corrected chi connectivity index (χ3v) is 13.2. The van der Waals surface area contributed by atoms with Crippen molar-refractivity contribution >= 4 is 118 Å². The molecule has 3 nitrogen and oxygen atoms in total. The second-order valence-corrected chi connectivity index (χ2v) is 15.9. The van der Waals surface area contributed by atoms with Crippen LogP contribution in [0, 0.1) is 0 Å². The highest BCUT2D eigenvalue weighted by Crippen LogP contribution is 2.46. The second-order valence-electron chi connectivity index (χ2n) is 14.9. The normalized spacial score (nSPS) is 12.3. The Morgan fingerprint density at radius 1 is 0.375 bits per heavy atom. The van der Waals surface area contributed by atoms with Crippen molar-refractivity contribution in [3.8, 4) is 17.2 Å². The lowest BCUT2D eigenvalue weighted by Crippen LogP contribution is -2.04. The Morgan fingerprint density at radius 3 is 1.80 bits per heavy atom. The van der Waals surface area contributed by atoms with E-state index in [0.717, 1.165) is 38.6 Å². The van der Waals surface area contributed by atoms with E-state index in [0.29, 0.717) is 5.95 Å². The minimum atomic E-state index is 0.667. The monoisotopic (exact) mass is 727 g/mol. The molecule has 0 N–H and O–H groups in total. The lowest BCUT2D eigenvalue weighted by Gasteiger charge is -2.15. The second kappa shape index (κ2) is 11.2. The molecule has 56 heavy (non-hydrogen) atoms. The maximum Gasteiger partial charge on any atom is 0.235 e. The molecule has 4 heteroatoms. The van der Waals surface area contributed by atoms with Gasteiger partial charge in [-0.15, -0.1) is 11.3 Å². The summed E-state index contributed by atoms with van der Waals surface area (Å²) in [7, 11) is 0. The first-order valence-corrected chi connectivity index (χ1v) is 19.9. The van der Waals surface area contributed by atoms with Crippen molar-refractivity contribution < 1.29 is 0 Å². The fourth-order valence-electron chi connectivity index (χ4n) is 9.52. The molecule has 0 saturated heterocycles. The predicted octanol–water partition coefficient (Wildman–Crippen LogP) is 14.5. The van der Waals surface area contributed by atoms with Crippen LogP contribution in [0.15, 0.2) is 176 Å². The van der Waals surface area contributed by atoms with Crippen LogP contribution in [0.3, 0.4) is 0 Å². The van der Waals surface area contributed by atoms with Crippen molar-refractivity contribution in [3.63, 3.8) is 0 Å². The number of fused-ring (bicyclic) bond motifs is 17. The van der Waals surface area contributed by atoms with Crippen molar-refractivity contribution in [3.05, 3.63) is 176 Å². The maximum atomic E-state index is 5.72. The van der Waals surface area contributed by atoms with Crippen LogP contribution in [0.4, 0.5) is 0 Å². The van der Waals surface area contributed by atoms with E-state index in [1.54, 1.807) is 0 Å². The van der Waals surface area contributed by atoms with Gasteiger partial charge in [-0.3, -0.25) is 4.57 Å². The Kier molecular flexibility index (Phi) is 6.04. The van der Waals surface area contributed by atoms with Crippen LogP contribution in [-0.2, 0) is 0 Å². The van der Waals surface area contributed by atoms with E-state index < -0.39 is 0 Å². The third kappa shape index (κ3) is 4.06. The Hall–Kier alpha value is -7.14. The topological polar surface area (TPSA) is 30.7 Å². The van der Waals surface area contributed by atoms with Crippen LogP contribution < -0.4 is 0 Å². The first-order valence-electron chi connectivity index (χ1n) is 19.1. The van der Waals surface area contributed by atoms with Crippen LogP contribution in [0.1, 0.15) is 0 Å². The van der Waals surface area contributed by atoms with E-state index in [-0.39, 0.29) is 0 Å². The first-order chi connectivity index (χ1) is 27.8. The SMILES string of the molecule is c1ccc2cc3c(cc2c1)c1c2c4ccccc4c4ccccc4c2ccc1n3-c1nc(-c2cccc3c2sc2ccccc23)c2c(ccc3ccccc32)n1. The Balaban J connectivity index is 1.23. The number of rotatable bonds is 2. The molecule has 10 aromatic carbocycles. The average Bonchev–Trinajstić information content (AvgIpc) is 3.80. The van der Waals surface area contributed by atoms with Gasteiger partial charge in [-0.05, 0) is 78.8 Å². The van der Waals surface area contributed by atoms with Crippen molar-refractivity contribution in [2.24, 2.45) is 0 Å². The van der Waals surface area contributed by atoms with Gasteiger partial charge >= 0.3 is 0 Å². The number of nitrogens with zero attached hydrogens (tertiary/aromatic N) is 3. The highest BCUT2D eigenvalue weighted by atomic mass is 32.1. The number of aromatic nitrogens is 3. The smallest absolute Gasteiger partial charge is 0.235 e. The molecule has 0 aliphatic rings. The summed E-state index contributed by atoms with van der Waals surface area (Å²) >= 11 is 1.84. The molecule has 3 aromatic heterocycles. The Labute approximate surface area is 324 Å². The van der Waals surface area contributed by atoms with Crippen LogP contribution >= 0.6 is 11.3 Å². The van der Waals surface area contributed by atoms with Crippen LogP contribution in [0.2, 0.25) is 0 Å². The molecule has 0 bridgehead atoms. The summed E-state index contributed by atoms with van der Waals surface area (Å²) in [4.78, 5) is 11.2. The Bertz CT molecular complexity index is 3800. The highest BCUT2D eigenvalue weighted by Gasteiger charge is 2.23. The van der Waals surface area contributed by atoms with Crippen molar-refractivity contribution in [1.82, 2.24) is 14.5 Å². The number of hydrogen-bond acceptors (Lipinski definition) is 3. The minimum absolute atomic E-state index is 0.667. The van der Waals surface area contributed by atoms with Gasteiger partial charge in [0.2, 0.25) is 5.95 Å². The summed E-state index contributed by atoms with van der Waals surface area (Å²) in [5.41, 5.74) is 5.19. The molecular formula is C52H29N3S. The quantitative estimate of drug-likeness (QED) is 0.166. The molecule has 0 unspecified atom stereocenters. The van der Waals surface area contributed by atoms with E-state index in [9.17, 15) is 0 Å². The maximum absolute atomic E-state index is 5.72. The molecule has 13 rings (SSSR count). The van der Waals surface area contributed by atoms with Gasteiger partial charge in [0.25, 0.3) is 0 Å². The summed E-state index contributed by atoms with van der Waals surface area (Å²) in [6, 6.07) is 64.1. The molecular weight excluding hydrogens is 699 g/mol. The number of thiophene rings is 1. The molecule has 0 radical (unpaired) electrons. The zero-order valence-electron chi connectivity index (χ0n) is 30.0. The molecule has 0 amide bonds. The molecule has 0 fully saturated rings. The fourth-order valence-corrected chi connectivity index (χ4v) is 10.7. The minimum Gasteiger partial charge on any atom is -0.278 e. The van der Waals surface area contributed by atoms with Crippen LogP contribution in [0.5, 0.6) is 0 Å². The van der Waals surface area contributed by atoms with Gasteiger partial charge in [0, 0.05) is 47.3 Å². The van der Waals surface area contributed by atoms with Crippen LogP contribution in [0.25, 0.3) is 124 Å².